The Morgan fingerprint density at radius 2 is 0.783 bits per heavy atom. The van der Waals surface area contributed by atoms with Crippen LogP contribution in [0.3, 0.4) is 0 Å². The van der Waals surface area contributed by atoms with Gasteiger partial charge in [0.05, 0.1) is 0 Å². The second kappa shape index (κ2) is 6.02. The molecular formula is C18H13F3OSi. The van der Waals surface area contributed by atoms with Crippen molar-refractivity contribution < 1.29 is 18.0 Å². The van der Waals surface area contributed by atoms with Crippen molar-refractivity contribution in [3.63, 3.8) is 0 Å². The van der Waals surface area contributed by atoms with Crippen molar-refractivity contribution in [3.8, 4) is 0 Å². The highest BCUT2D eigenvalue weighted by Crippen LogP contribution is 2.11. The van der Waals surface area contributed by atoms with Crippen LogP contribution in [-0.2, 0) is 0 Å². The maximum Gasteiger partial charge on any atom is 0.294 e. The largest absolute Gasteiger partial charge is 0.421 e. The molecule has 0 aliphatic heterocycles. The molecule has 116 valence electrons. The number of benzene rings is 3. The fourth-order valence-corrected chi connectivity index (χ4v) is 5.87. The third-order valence-corrected chi connectivity index (χ3v) is 7.35. The van der Waals surface area contributed by atoms with Crippen molar-refractivity contribution in [2.45, 2.75) is 0 Å². The van der Waals surface area contributed by atoms with Gasteiger partial charge in [-0.3, -0.25) is 0 Å². The lowest BCUT2D eigenvalue weighted by Crippen LogP contribution is -2.70. The maximum absolute atomic E-state index is 14.3. The summed E-state index contributed by atoms with van der Waals surface area (Å²) in [4.78, 5) is 11.4. The summed E-state index contributed by atoms with van der Waals surface area (Å²) in [7, 11) is -4.14. The van der Waals surface area contributed by atoms with Gasteiger partial charge in [-0.1, -0.05) is 54.6 Å². The van der Waals surface area contributed by atoms with Crippen LogP contribution in [0, 0.1) is 17.5 Å². The van der Waals surface area contributed by atoms with Gasteiger partial charge in [0.15, 0.2) is 0 Å². The van der Waals surface area contributed by atoms with Crippen LogP contribution in [0.4, 0.5) is 13.2 Å². The summed E-state index contributed by atoms with van der Waals surface area (Å²) in [6, 6.07) is 16.7. The Morgan fingerprint density at radius 3 is 1.04 bits per heavy atom. The van der Waals surface area contributed by atoms with E-state index in [1.165, 1.54) is 72.8 Å². The second-order valence-corrected chi connectivity index (χ2v) is 8.19. The van der Waals surface area contributed by atoms with E-state index in [2.05, 4.69) is 0 Å². The highest BCUT2D eigenvalue weighted by atomic mass is 28.4. The van der Waals surface area contributed by atoms with Crippen LogP contribution in [0.25, 0.3) is 0 Å². The first-order valence-electron chi connectivity index (χ1n) is 7.02. The number of hydrogen-bond acceptors (Lipinski definition) is 1. The zero-order chi connectivity index (χ0) is 16.4. The van der Waals surface area contributed by atoms with E-state index >= 15 is 0 Å². The van der Waals surface area contributed by atoms with Crippen molar-refractivity contribution in [1.82, 2.24) is 0 Å². The molecule has 0 saturated carbocycles. The first-order chi connectivity index (χ1) is 11.0. The van der Waals surface area contributed by atoms with Crippen molar-refractivity contribution in [3.05, 3.63) is 90.2 Å². The maximum atomic E-state index is 14.3. The molecule has 1 N–H and O–H groups in total. The van der Waals surface area contributed by atoms with Gasteiger partial charge in [-0.05, 0) is 18.2 Å². The molecule has 0 aliphatic carbocycles. The molecule has 0 bridgehead atoms. The molecule has 0 spiro atoms. The van der Waals surface area contributed by atoms with Crippen LogP contribution >= 0.6 is 0 Å². The molecule has 0 fully saturated rings. The first kappa shape index (κ1) is 15.5. The number of hydrogen-bond donors (Lipinski definition) is 1. The van der Waals surface area contributed by atoms with Gasteiger partial charge >= 0.3 is 0 Å². The van der Waals surface area contributed by atoms with E-state index in [0.717, 1.165) is 0 Å². The lowest BCUT2D eigenvalue weighted by molar-refractivity contribution is 0.560. The molecule has 3 aromatic rings. The molecule has 5 heteroatoms. The summed E-state index contributed by atoms with van der Waals surface area (Å²) >= 11 is 0. The van der Waals surface area contributed by atoms with Crippen molar-refractivity contribution in [2.75, 3.05) is 0 Å². The molecule has 3 aromatic carbocycles. The predicted octanol–water partition coefficient (Wildman–Crippen LogP) is 2.06. The van der Waals surface area contributed by atoms with E-state index < -0.39 is 25.8 Å². The Balaban J connectivity index is 2.38. The minimum absolute atomic E-state index is 0.0739. The lowest BCUT2D eigenvalue weighted by Gasteiger charge is -2.27. The number of rotatable bonds is 3. The van der Waals surface area contributed by atoms with Gasteiger partial charge in [0, 0.05) is 15.6 Å². The lowest BCUT2D eigenvalue weighted by atomic mass is 10.3. The van der Waals surface area contributed by atoms with Crippen LogP contribution in [0.1, 0.15) is 0 Å². The quantitative estimate of drug-likeness (QED) is 0.576. The van der Waals surface area contributed by atoms with Crippen LogP contribution in [-0.4, -0.2) is 13.1 Å². The van der Waals surface area contributed by atoms with Gasteiger partial charge in [0.25, 0.3) is 8.32 Å². The Hall–Kier alpha value is -2.37. The van der Waals surface area contributed by atoms with Crippen molar-refractivity contribution >= 4 is 23.9 Å². The fourth-order valence-electron chi connectivity index (χ4n) is 2.70. The second-order valence-electron chi connectivity index (χ2n) is 5.15. The van der Waals surface area contributed by atoms with Crippen LogP contribution in [0.5, 0.6) is 0 Å². The summed E-state index contributed by atoms with van der Waals surface area (Å²) in [5.41, 5.74) is 0. The van der Waals surface area contributed by atoms with E-state index in [4.69, 9.17) is 0 Å². The zero-order valence-corrected chi connectivity index (χ0v) is 13.0. The van der Waals surface area contributed by atoms with Crippen molar-refractivity contribution in [1.29, 1.82) is 0 Å². The van der Waals surface area contributed by atoms with Gasteiger partial charge in [0.1, 0.15) is 17.5 Å². The SMILES string of the molecule is O[Si](c1ccccc1F)(c1ccccc1F)c1ccccc1F. The molecule has 3 rings (SSSR count). The van der Waals surface area contributed by atoms with E-state index in [9.17, 15) is 18.0 Å². The van der Waals surface area contributed by atoms with E-state index in [-0.39, 0.29) is 15.6 Å². The minimum Gasteiger partial charge on any atom is -0.421 e. The molecule has 0 aromatic heterocycles. The first-order valence-corrected chi connectivity index (χ1v) is 8.97. The molecule has 0 radical (unpaired) electrons. The van der Waals surface area contributed by atoms with Gasteiger partial charge in [-0.2, -0.15) is 0 Å². The van der Waals surface area contributed by atoms with E-state index in [1.54, 1.807) is 0 Å². The molecule has 1 nitrogen and oxygen atoms in total. The molecule has 0 aliphatic rings. The average Bonchev–Trinajstić information content (AvgIpc) is 2.55. The molecule has 0 saturated heterocycles. The van der Waals surface area contributed by atoms with Crippen LogP contribution in [0.15, 0.2) is 72.8 Å². The zero-order valence-electron chi connectivity index (χ0n) is 12.0. The summed E-state index contributed by atoms with van der Waals surface area (Å²) in [6.07, 6.45) is 0. The Morgan fingerprint density at radius 1 is 0.522 bits per heavy atom. The third-order valence-electron chi connectivity index (χ3n) is 3.79. The third kappa shape index (κ3) is 2.58. The molecular weight excluding hydrogens is 317 g/mol. The van der Waals surface area contributed by atoms with Gasteiger partial charge in [-0.25, -0.2) is 13.2 Å². The molecule has 0 unspecified atom stereocenters. The van der Waals surface area contributed by atoms with Crippen molar-refractivity contribution in [2.24, 2.45) is 0 Å². The summed E-state index contributed by atoms with van der Waals surface area (Å²) < 4.78 is 43.0. The standard InChI is InChI=1S/C18H13F3OSi/c19-13-7-1-4-10-16(13)23(22,17-11-5-2-8-14(17)20)18-12-6-3-9-15(18)21/h1-12,22H. The van der Waals surface area contributed by atoms with Crippen LogP contribution < -0.4 is 15.6 Å². The van der Waals surface area contributed by atoms with Gasteiger partial charge < -0.3 is 4.80 Å². The topological polar surface area (TPSA) is 20.2 Å². The molecule has 0 amide bonds. The summed E-state index contributed by atoms with van der Waals surface area (Å²) in [5.74, 6) is -2.06. The molecule has 0 atom stereocenters. The number of halogens is 3. The average molecular weight is 330 g/mol. The Kier molecular flexibility index (Phi) is 4.06. The Bertz CT molecular complexity index is 740. The van der Waals surface area contributed by atoms with Gasteiger partial charge in [-0.15, -0.1) is 0 Å². The monoisotopic (exact) mass is 330 g/mol. The Labute approximate surface area is 132 Å². The highest BCUT2D eigenvalue weighted by Gasteiger charge is 2.44. The van der Waals surface area contributed by atoms with E-state index in [1.807, 2.05) is 0 Å². The van der Waals surface area contributed by atoms with Crippen LogP contribution in [0.2, 0.25) is 0 Å². The minimum atomic E-state index is -4.14. The summed E-state index contributed by atoms with van der Waals surface area (Å²) in [6.45, 7) is 0. The van der Waals surface area contributed by atoms with Gasteiger partial charge in [0.2, 0.25) is 0 Å². The predicted molar refractivity (Wildman–Crippen MR) is 86.1 cm³/mol. The molecule has 23 heavy (non-hydrogen) atoms. The fraction of sp³-hybridized carbons (Fsp3) is 0. The van der Waals surface area contributed by atoms with E-state index in [0.29, 0.717) is 0 Å². The molecule has 0 heterocycles. The summed E-state index contributed by atoms with van der Waals surface area (Å²) in [5, 5.41) is -0.222. The normalized spacial score (nSPS) is 11.5. The smallest absolute Gasteiger partial charge is 0.294 e. The highest BCUT2D eigenvalue weighted by molar-refractivity contribution is 7.06.